The Bertz CT molecular complexity index is 738. The molecule has 0 spiro atoms. The van der Waals surface area contributed by atoms with E-state index >= 15 is 0 Å². The smallest absolute Gasteiger partial charge is 0.320 e. The number of carbonyl (C=O) groups is 1. The van der Waals surface area contributed by atoms with Crippen LogP contribution in [0.1, 0.15) is 23.2 Å². The second-order valence-corrected chi connectivity index (χ2v) is 6.14. The first-order chi connectivity index (χ1) is 12.7. The van der Waals surface area contributed by atoms with Crippen LogP contribution in [0.5, 0.6) is 11.9 Å². The van der Waals surface area contributed by atoms with Gasteiger partial charge in [0.1, 0.15) is 0 Å². The van der Waals surface area contributed by atoms with E-state index in [2.05, 4.69) is 15.3 Å². The lowest BCUT2D eigenvalue weighted by atomic mass is 10.0. The van der Waals surface area contributed by atoms with Crippen molar-refractivity contribution in [2.24, 2.45) is 5.92 Å². The summed E-state index contributed by atoms with van der Waals surface area (Å²) in [5, 5.41) is 2.97. The van der Waals surface area contributed by atoms with Gasteiger partial charge in [0.2, 0.25) is 5.88 Å². The van der Waals surface area contributed by atoms with E-state index in [0.717, 1.165) is 31.6 Å². The summed E-state index contributed by atoms with van der Waals surface area (Å²) in [5.41, 5.74) is 2.01. The number of methoxy groups -OCH3 is 2. The van der Waals surface area contributed by atoms with Crippen molar-refractivity contribution < 1.29 is 19.0 Å². The van der Waals surface area contributed by atoms with Gasteiger partial charge in [-0.1, -0.05) is 12.1 Å². The highest BCUT2D eigenvalue weighted by molar-refractivity contribution is 5.95. The zero-order chi connectivity index (χ0) is 18.4. The molecule has 7 heteroatoms. The first-order valence-corrected chi connectivity index (χ1v) is 8.63. The van der Waals surface area contributed by atoms with E-state index in [1.165, 1.54) is 14.2 Å². The van der Waals surface area contributed by atoms with Crippen molar-refractivity contribution in [1.29, 1.82) is 0 Å². The van der Waals surface area contributed by atoms with E-state index < -0.39 is 0 Å². The normalized spacial score (nSPS) is 16.3. The van der Waals surface area contributed by atoms with Crippen molar-refractivity contribution in [2.45, 2.75) is 12.8 Å². The monoisotopic (exact) mass is 357 g/mol. The van der Waals surface area contributed by atoms with Crippen molar-refractivity contribution in [3.05, 3.63) is 35.9 Å². The number of benzene rings is 1. The minimum Gasteiger partial charge on any atom is -0.481 e. The molecule has 0 aliphatic carbocycles. The third-order valence-electron chi connectivity index (χ3n) is 4.36. The van der Waals surface area contributed by atoms with Crippen LogP contribution >= 0.6 is 0 Å². The number of nitrogens with one attached hydrogen (secondary N) is 1. The molecule has 2 aromatic rings. The van der Waals surface area contributed by atoms with Crippen molar-refractivity contribution in [1.82, 2.24) is 15.3 Å². The fourth-order valence-corrected chi connectivity index (χ4v) is 2.87. The Morgan fingerprint density at radius 1 is 1.27 bits per heavy atom. The van der Waals surface area contributed by atoms with Gasteiger partial charge in [-0.3, -0.25) is 4.79 Å². The predicted molar refractivity (Wildman–Crippen MR) is 96.4 cm³/mol. The summed E-state index contributed by atoms with van der Waals surface area (Å²) in [6, 6.07) is 9.22. The Hall–Kier alpha value is -2.67. The van der Waals surface area contributed by atoms with Gasteiger partial charge in [-0.25, -0.2) is 0 Å². The molecule has 1 amide bonds. The van der Waals surface area contributed by atoms with E-state index in [9.17, 15) is 4.79 Å². The fourth-order valence-electron chi connectivity index (χ4n) is 2.87. The van der Waals surface area contributed by atoms with Gasteiger partial charge in [-0.2, -0.15) is 9.97 Å². The molecule has 1 aromatic carbocycles. The molecule has 3 rings (SSSR count). The zero-order valence-electron chi connectivity index (χ0n) is 15.0. The van der Waals surface area contributed by atoms with Crippen LogP contribution in [0.4, 0.5) is 0 Å². The number of amides is 1. The molecule has 1 aliphatic heterocycles. The van der Waals surface area contributed by atoms with Gasteiger partial charge in [-0.15, -0.1) is 0 Å². The maximum atomic E-state index is 12.4. The molecule has 1 fully saturated rings. The fraction of sp³-hybridized carbons (Fsp3) is 0.421. The first kappa shape index (κ1) is 18.1. The van der Waals surface area contributed by atoms with Crippen LogP contribution in [-0.2, 0) is 4.74 Å². The molecular weight excluding hydrogens is 334 g/mol. The maximum absolute atomic E-state index is 12.4. The van der Waals surface area contributed by atoms with Crippen LogP contribution in [-0.4, -0.2) is 49.9 Å². The first-order valence-electron chi connectivity index (χ1n) is 8.63. The van der Waals surface area contributed by atoms with E-state index in [-0.39, 0.29) is 11.9 Å². The van der Waals surface area contributed by atoms with Crippen LogP contribution in [0.2, 0.25) is 0 Å². The second kappa shape index (κ2) is 8.62. The number of hydrogen-bond acceptors (Lipinski definition) is 6. The Morgan fingerprint density at radius 3 is 2.88 bits per heavy atom. The Balaban J connectivity index is 1.70. The van der Waals surface area contributed by atoms with Gasteiger partial charge in [0.15, 0.2) is 0 Å². The van der Waals surface area contributed by atoms with Crippen molar-refractivity contribution in [3.63, 3.8) is 0 Å². The van der Waals surface area contributed by atoms with E-state index in [4.69, 9.17) is 14.2 Å². The minimum atomic E-state index is -0.0984. The van der Waals surface area contributed by atoms with Gasteiger partial charge < -0.3 is 19.5 Å². The molecule has 1 saturated heterocycles. The van der Waals surface area contributed by atoms with E-state index in [0.29, 0.717) is 29.6 Å². The largest absolute Gasteiger partial charge is 0.481 e. The molecule has 7 nitrogen and oxygen atoms in total. The molecule has 0 radical (unpaired) electrons. The molecule has 1 aromatic heterocycles. The van der Waals surface area contributed by atoms with Gasteiger partial charge in [-0.05, 0) is 30.9 Å². The number of hydrogen-bond donors (Lipinski definition) is 1. The molecule has 0 saturated carbocycles. The van der Waals surface area contributed by atoms with Crippen molar-refractivity contribution in [2.75, 3.05) is 34.0 Å². The third kappa shape index (κ3) is 4.49. The zero-order valence-corrected chi connectivity index (χ0v) is 15.0. The highest BCUT2D eigenvalue weighted by Crippen LogP contribution is 2.24. The summed E-state index contributed by atoms with van der Waals surface area (Å²) in [4.78, 5) is 20.8. The van der Waals surface area contributed by atoms with Crippen LogP contribution in [0.25, 0.3) is 11.3 Å². The van der Waals surface area contributed by atoms with Gasteiger partial charge in [0.05, 0.1) is 19.9 Å². The van der Waals surface area contributed by atoms with Crippen molar-refractivity contribution >= 4 is 5.91 Å². The number of ether oxygens (including phenoxy) is 3. The Kier molecular flexibility index (Phi) is 6.01. The molecule has 26 heavy (non-hydrogen) atoms. The van der Waals surface area contributed by atoms with Gasteiger partial charge in [0.25, 0.3) is 5.91 Å². The van der Waals surface area contributed by atoms with Crippen LogP contribution in [0, 0.1) is 5.92 Å². The lowest BCUT2D eigenvalue weighted by molar-refractivity contribution is 0.0950. The molecule has 1 atom stereocenters. The van der Waals surface area contributed by atoms with Crippen LogP contribution in [0.15, 0.2) is 30.3 Å². The Morgan fingerprint density at radius 2 is 2.15 bits per heavy atom. The topological polar surface area (TPSA) is 82.6 Å². The summed E-state index contributed by atoms with van der Waals surface area (Å²) in [7, 11) is 3.03. The number of nitrogens with zero attached hydrogens (tertiary/aromatic N) is 2. The quantitative estimate of drug-likeness (QED) is 0.819. The maximum Gasteiger partial charge on any atom is 0.320 e. The molecular formula is C19H23N3O4. The minimum absolute atomic E-state index is 0.0984. The number of carbonyl (C=O) groups excluding carboxylic acids is 1. The van der Waals surface area contributed by atoms with E-state index in [1.807, 2.05) is 12.1 Å². The molecule has 138 valence electrons. The molecule has 0 bridgehead atoms. The molecule has 2 heterocycles. The van der Waals surface area contributed by atoms with Gasteiger partial charge >= 0.3 is 6.01 Å². The summed E-state index contributed by atoms with van der Waals surface area (Å²) < 4.78 is 15.6. The van der Waals surface area contributed by atoms with Gasteiger partial charge in [0, 0.05) is 37.0 Å². The standard InChI is InChI=1S/C19H23N3O4/c1-24-17-11-16(21-19(22-17)25-2)14-4-3-5-15(10-14)18(23)20-8-6-13-7-9-26-12-13/h3-5,10-11,13H,6-9,12H2,1-2H3,(H,20,23)/t13-/m1/s1. The molecule has 1 aliphatic rings. The Labute approximate surface area is 152 Å². The second-order valence-electron chi connectivity index (χ2n) is 6.14. The SMILES string of the molecule is COc1cc(-c2cccc(C(=O)NCC[C@@H]3CCOC3)c2)nc(OC)n1. The van der Waals surface area contributed by atoms with Crippen molar-refractivity contribution in [3.8, 4) is 23.1 Å². The lowest BCUT2D eigenvalue weighted by Gasteiger charge is -2.10. The van der Waals surface area contributed by atoms with Crippen LogP contribution in [0.3, 0.4) is 0 Å². The average molecular weight is 357 g/mol. The lowest BCUT2D eigenvalue weighted by Crippen LogP contribution is -2.26. The summed E-state index contributed by atoms with van der Waals surface area (Å²) in [5.74, 6) is 0.849. The summed E-state index contributed by atoms with van der Waals surface area (Å²) >= 11 is 0. The predicted octanol–water partition coefficient (Wildman–Crippen LogP) is 2.32. The highest BCUT2D eigenvalue weighted by Gasteiger charge is 2.16. The van der Waals surface area contributed by atoms with Crippen LogP contribution < -0.4 is 14.8 Å². The summed E-state index contributed by atoms with van der Waals surface area (Å²) in [6.45, 7) is 2.27. The highest BCUT2D eigenvalue weighted by atomic mass is 16.5. The number of rotatable bonds is 7. The summed E-state index contributed by atoms with van der Waals surface area (Å²) in [6.07, 6.45) is 2.01. The average Bonchev–Trinajstić information content (AvgIpc) is 3.21. The van der Waals surface area contributed by atoms with E-state index in [1.54, 1.807) is 18.2 Å². The molecule has 1 N–H and O–H groups in total. The molecule has 0 unspecified atom stereocenters. The number of aromatic nitrogens is 2. The third-order valence-corrected chi connectivity index (χ3v) is 4.36.